The monoisotopic (exact) mass is 233 g/mol. The van der Waals surface area contributed by atoms with Gasteiger partial charge in [0, 0.05) is 5.75 Å². The van der Waals surface area contributed by atoms with Gasteiger partial charge < -0.3 is 4.74 Å². The molecule has 1 aliphatic heterocycles. The van der Waals surface area contributed by atoms with Crippen LogP contribution in [0.5, 0.6) is 0 Å². The summed E-state index contributed by atoms with van der Waals surface area (Å²) in [4.78, 5) is 4.36. The maximum atomic E-state index is 5.40. The quantitative estimate of drug-likeness (QED) is 0.799. The van der Waals surface area contributed by atoms with Crippen molar-refractivity contribution in [2.24, 2.45) is 4.99 Å². The second-order valence-corrected chi connectivity index (χ2v) is 4.65. The van der Waals surface area contributed by atoms with Gasteiger partial charge in [-0.2, -0.15) is 0 Å². The van der Waals surface area contributed by atoms with E-state index in [0.29, 0.717) is 6.04 Å². The zero-order valence-electron chi connectivity index (χ0n) is 9.30. The fourth-order valence-corrected chi connectivity index (χ4v) is 2.13. The third-order valence-corrected chi connectivity index (χ3v) is 3.02. The topological polar surface area (TPSA) is 21.6 Å². The first-order valence-corrected chi connectivity index (χ1v) is 6.38. The van der Waals surface area contributed by atoms with Crippen molar-refractivity contribution >= 4 is 23.1 Å². The Morgan fingerprint density at radius 3 is 2.94 bits per heavy atom. The van der Waals surface area contributed by atoms with Crippen LogP contribution in [0.25, 0.3) is 6.08 Å². The third kappa shape index (κ3) is 3.42. The van der Waals surface area contributed by atoms with E-state index in [1.807, 2.05) is 18.2 Å². The van der Waals surface area contributed by atoms with Gasteiger partial charge in [0.05, 0.1) is 6.04 Å². The van der Waals surface area contributed by atoms with Crippen molar-refractivity contribution in [3.8, 4) is 0 Å². The maximum absolute atomic E-state index is 5.40. The molecule has 3 heteroatoms. The molecule has 84 valence electrons. The van der Waals surface area contributed by atoms with E-state index < -0.39 is 0 Å². The molecule has 0 aromatic heterocycles. The minimum atomic E-state index is 0.320. The molecule has 2 nitrogen and oxygen atoms in total. The van der Waals surface area contributed by atoms with Crippen LogP contribution in [0.3, 0.4) is 0 Å². The van der Waals surface area contributed by atoms with Crippen molar-refractivity contribution in [3.63, 3.8) is 0 Å². The molecular formula is C13H15NOS. The minimum absolute atomic E-state index is 0.320. The van der Waals surface area contributed by atoms with Gasteiger partial charge in [-0.3, -0.25) is 0 Å². The molecular weight excluding hydrogens is 218 g/mol. The molecule has 0 fully saturated rings. The number of ether oxygens (including phenoxy) is 1. The number of aliphatic imine (C=N–C) groups is 1. The number of thioether (sulfide) groups is 1. The fraction of sp³-hybridized carbons (Fsp3) is 0.308. The minimum Gasteiger partial charge on any atom is -0.471 e. The maximum Gasteiger partial charge on any atom is 0.246 e. The average molecular weight is 233 g/mol. The van der Waals surface area contributed by atoms with Gasteiger partial charge in [0.2, 0.25) is 5.23 Å². The molecule has 0 bridgehead atoms. The van der Waals surface area contributed by atoms with Crippen LogP contribution in [0.1, 0.15) is 12.5 Å². The van der Waals surface area contributed by atoms with Crippen LogP contribution in [-0.2, 0) is 4.74 Å². The Balaban J connectivity index is 1.76. The first kappa shape index (κ1) is 11.3. The Bertz CT molecular complexity index is 386. The molecule has 0 aliphatic carbocycles. The molecule has 0 spiro atoms. The van der Waals surface area contributed by atoms with E-state index in [9.17, 15) is 0 Å². The molecule has 1 aromatic rings. The van der Waals surface area contributed by atoms with E-state index in [0.717, 1.165) is 17.6 Å². The van der Waals surface area contributed by atoms with E-state index in [4.69, 9.17) is 4.74 Å². The van der Waals surface area contributed by atoms with Crippen molar-refractivity contribution in [3.05, 3.63) is 42.0 Å². The summed E-state index contributed by atoms with van der Waals surface area (Å²) in [6, 6.07) is 10.6. The van der Waals surface area contributed by atoms with Crippen molar-refractivity contribution < 1.29 is 4.74 Å². The summed E-state index contributed by atoms with van der Waals surface area (Å²) in [6.07, 6.45) is 4.25. The predicted octanol–water partition coefficient (Wildman–Crippen LogP) is 3.21. The number of benzene rings is 1. The van der Waals surface area contributed by atoms with Crippen LogP contribution in [0.15, 0.2) is 41.4 Å². The second kappa shape index (κ2) is 5.75. The highest BCUT2D eigenvalue weighted by atomic mass is 32.2. The molecule has 0 saturated heterocycles. The average Bonchev–Trinajstić information content (AvgIpc) is 2.72. The van der Waals surface area contributed by atoms with E-state index in [-0.39, 0.29) is 0 Å². The van der Waals surface area contributed by atoms with E-state index >= 15 is 0 Å². The molecule has 1 atom stereocenters. The van der Waals surface area contributed by atoms with Gasteiger partial charge in [0.1, 0.15) is 6.61 Å². The number of rotatable bonds is 3. The third-order valence-electron chi connectivity index (χ3n) is 2.19. The summed E-state index contributed by atoms with van der Waals surface area (Å²) < 4.78 is 5.40. The Hall–Kier alpha value is -1.22. The van der Waals surface area contributed by atoms with Crippen molar-refractivity contribution in [1.82, 2.24) is 0 Å². The smallest absolute Gasteiger partial charge is 0.246 e. The van der Waals surface area contributed by atoms with Crippen LogP contribution in [0.2, 0.25) is 0 Å². The summed E-state index contributed by atoms with van der Waals surface area (Å²) in [7, 11) is 0. The normalized spacial score (nSPS) is 19.8. The Kier molecular flexibility index (Phi) is 4.05. The molecule has 1 aromatic carbocycles. The highest BCUT2D eigenvalue weighted by Gasteiger charge is 2.13. The highest BCUT2D eigenvalue weighted by Crippen LogP contribution is 2.14. The molecule has 0 saturated carbocycles. The van der Waals surface area contributed by atoms with E-state index in [2.05, 4.69) is 36.2 Å². The van der Waals surface area contributed by atoms with Crippen molar-refractivity contribution in [1.29, 1.82) is 0 Å². The van der Waals surface area contributed by atoms with Gasteiger partial charge >= 0.3 is 0 Å². The molecule has 0 amide bonds. The summed E-state index contributed by atoms with van der Waals surface area (Å²) in [5.41, 5.74) is 1.23. The Morgan fingerprint density at radius 2 is 2.25 bits per heavy atom. The summed E-state index contributed by atoms with van der Waals surface area (Å²) >= 11 is 1.65. The zero-order valence-corrected chi connectivity index (χ0v) is 10.1. The van der Waals surface area contributed by atoms with Crippen molar-refractivity contribution in [2.45, 2.75) is 13.0 Å². The van der Waals surface area contributed by atoms with Gasteiger partial charge in [-0.05, 0) is 12.5 Å². The first-order valence-electron chi connectivity index (χ1n) is 5.39. The van der Waals surface area contributed by atoms with Crippen LogP contribution in [0.4, 0.5) is 0 Å². The van der Waals surface area contributed by atoms with Crippen LogP contribution in [0, 0.1) is 0 Å². The fourth-order valence-electron chi connectivity index (χ4n) is 1.39. The molecule has 2 rings (SSSR count). The molecule has 1 aliphatic rings. The van der Waals surface area contributed by atoms with Crippen LogP contribution < -0.4 is 0 Å². The largest absolute Gasteiger partial charge is 0.471 e. The van der Waals surface area contributed by atoms with Gasteiger partial charge in [-0.15, -0.1) is 0 Å². The SMILES string of the molecule is C[C@@H]1COC(SC/C=C/c2ccccc2)=N1. The zero-order chi connectivity index (χ0) is 11.2. The van der Waals surface area contributed by atoms with E-state index in [1.165, 1.54) is 5.56 Å². The van der Waals surface area contributed by atoms with Crippen molar-refractivity contribution in [2.75, 3.05) is 12.4 Å². The number of hydrogen-bond acceptors (Lipinski definition) is 3. The molecule has 1 heterocycles. The molecule has 0 unspecified atom stereocenters. The van der Waals surface area contributed by atoms with Gasteiger partial charge in [-0.1, -0.05) is 54.2 Å². The van der Waals surface area contributed by atoms with Gasteiger partial charge in [0.15, 0.2) is 0 Å². The van der Waals surface area contributed by atoms with Crippen LogP contribution >= 0.6 is 11.8 Å². The molecule has 16 heavy (non-hydrogen) atoms. The predicted molar refractivity (Wildman–Crippen MR) is 70.8 cm³/mol. The lowest BCUT2D eigenvalue weighted by molar-refractivity contribution is 0.331. The molecule has 0 radical (unpaired) electrons. The Labute approximate surface area is 100 Å². The standard InChI is InChI=1S/C13H15NOS/c1-11-10-15-13(14-11)16-9-5-8-12-6-3-2-4-7-12/h2-8,11H,9-10H2,1H3/b8-5+/t11-/m1/s1. The molecule has 0 N–H and O–H groups in total. The number of nitrogens with zero attached hydrogens (tertiary/aromatic N) is 1. The first-order chi connectivity index (χ1) is 7.84. The summed E-state index contributed by atoms with van der Waals surface area (Å²) in [5.74, 6) is 0.903. The lowest BCUT2D eigenvalue weighted by Gasteiger charge is -1.97. The van der Waals surface area contributed by atoms with Gasteiger partial charge in [0.25, 0.3) is 0 Å². The number of hydrogen-bond donors (Lipinski definition) is 0. The van der Waals surface area contributed by atoms with E-state index in [1.54, 1.807) is 11.8 Å². The van der Waals surface area contributed by atoms with Gasteiger partial charge in [-0.25, -0.2) is 4.99 Å². The lowest BCUT2D eigenvalue weighted by atomic mass is 10.2. The summed E-state index contributed by atoms with van der Waals surface area (Å²) in [6.45, 7) is 2.79. The lowest BCUT2D eigenvalue weighted by Crippen LogP contribution is -1.98. The second-order valence-electron chi connectivity index (χ2n) is 3.68. The highest BCUT2D eigenvalue weighted by molar-refractivity contribution is 8.13. The van der Waals surface area contributed by atoms with Crippen LogP contribution in [-0.4, -0.2) is 23.6 Å². The Morgan fingerprint density at radius 1 is 1.44 bits per heavy atom. The summed E-state index contributed by atoms with van der Waals surface area (Å²) in [5, 5.41) is 0.824.